The SMILES string of the molecule is O=C(c1ncc[nH]c1=O)N1CCN(c2ccc3c(=O)n(CC4CC4)cnc3c2)CC1. The number of hydrogen-bond donors (Lipinski definition) is 1. The van der Waals surface area contributed by atoms with Gasteiger partial charge >= 0.3 is 0 Å². The van der Waals surface area contributed by atoms with Gasteiger partial charge in [0.2, 0.25) is 0 Å². The number of benzene rings is 1. The van der Waals surface area contributed by atoms with Crippen molar-refractivity contribution < 1.29 is 4.79 Å². The van der Waals surface area contributed by atoms with Gasteiger partial charge in [-0.1, -0.05) is 0 Å². The van der Waals surface area contributed by atoms with Gasteiger partial charge in [-0.3, -0.25) is 19.0 Å². The van der Waals surface area contributed by atoms with Gasteiger partial charge in [-0.05, 0) is 37.0 Å². The topological polar surface area (TPSA) is 104 Å². The third-order valence-electron chi connectivity index (χ3n) is 5.80. The molecule has 154 valence electrons. The fourth-order valence-electron chi connectivity index (χ4n) is 3.87. The quantitative estimate of drug-likeness (QED) is 0.689. The van der Waals surface area contributed by atoms with E-state index in [9.17, 15) is 14.4 Å². The predicted molar refractivity (Wildman–Crippen MR) is 112 cm³/mol. The number of amides is 1. The zero-order valence-corrected chi connectivity index (χ0v) is 16.5. The number of piperazine rings is 1. The van der Waals surface area contributed by atoms with Crippen LogP contribution in [0.2, 0.25) is 0 Å². The van der Waals surface area contributed by atoms with E-state index in [0.717, 1.165) is 12.2 Å². The molecule has 2 aromatic heterocycles. The fourth-order valence-corrected chi connectivity index (χ4v) is 3.87. The minimum absolute atomic E-state index is 0.00875. The Balaban J connectivity index is 1.31. The lowest BCUT2D eigenvalue weighted by molar-refractivity contribution is 0.0739. The number of H-pyrrole nitrogens is 1. The van der Waals surface area contributed by atoms with Crippen LogP contribution in [0.25, 0.3) is 10.9 Å². The number of rotatable bonds is 4. The van der Waals surface area contributed by atoms with Gasteiger partial charge in [-0.2, -0.15) is 0 Å². The maximum atomic E-state index is 12.7. The predicted octanol–water partition coefficient (Wildman–Crippen LogP) is 0.852. The maximum absolute atomic E-state index is 12.7. The van der Waals surface area contributed by atoms with E-state index in [1.165, 1.54) is 25.2 Å². The average Bonchev–Trinajstić information content (AvgIpc) is 3.60. The molecule has 3 heterocycles. The number of aromatic nitrogens is 4. The standard InChI is InChI=1S/C21H22N6O3/c28-19-18(22-5-6-23-19)21(30)26-9-7-25(8-10-26)15-3-4-16-17(11-15)24-13-27(20(16)29)12-14-1-2-14/h3-6,11,13-14H,1-2,7-10,12H2,(H,23,28). The second kappa shape index (κ2) is 7.40. The van der Waals surface area contributed by atoms with Crippen LogP contribution in [-0.4, -0.2) is 56.5 Å². The first kappa shape index (κ1) is 18.5. The molecule has 5 rings (SSSR count). The number of aromatic amines is 1. The van der Waals surface area contributed by atoms with Crippen molar-refractivity contribution in [2.75, 3.05) is 31.1 Å². The third kappa shape index (κ3) is 3.47. The molecule has 0 spiro atoms. The van der Waals surface area contributed by atoms with Gasteiger partial charge in [0.15, 0.2) is 5.69 Å². The molecule has 1 aromatic carbocycles. The van der Waals surface area contributed by atoms with E-state index >= 15 is 0 Å². The number of nitrogens with one attached hydrogen (secondary N) is 1. The molecule has 0 atom stereocenters. The van der Waals surface area contributed by atoms with Crippen LogP contribution in [0.1, 0.15) is 23.3 Å². The van der Waals surface area contributed by atoms with Crippen LogP contribution in [0.4, 0.5) is 5.69 Å². The highest BCUT2D eigenvalue weighted by molar-refractivity contribution is 5.92. The normalized spacial score (nSPS) is 16.8. The van der Waals surface area contributed by atoms with Crippen molar-refractivity contribution in [1.29, 1.82) is 0 Å². The number of nitrogens with zero attached hydrogens (tertiary/aromatic N) is 5. The van der Waals surface area contributed by atoms with Gasteiger partial charge in [-0.25, -0.2) is 9.97 Å². The van der Waals surface area contributed by atoms with Crippen molar-refractivity contribution in [3.63, 3.8) is 0 Å². The van der Waals surface area contributed by atoms with E-state index in [1.807, 2.05) is 18.2 Å². The minimum Gasteiger partial charge on any atom is -0.368 e. The van der Waals surface area contributed by atoms with E-state index in [-0.39, 0.29) is 17.2 Å². The summed E-state index contributed by atoms with van der Waals surface area (Å²) in [5.74, 6) is 0.259. The first-order chi connectivity index (χ1) is 14.6. The van der Waals surface area contributed by atoms with Crippen molar-refractivity contribution in [3.8, 4) is 0 Å². The lowest BCUT2D eigenvalue weighted by atomic mass is 10.2. The average molecular weight is 406 g/mol. The Hall–Kier alpha value is -3.49. The molecule has 0 bridgehead atoms. The highest BCUT2D eigenvalue weighted by Crippen LogP contribution is 2.30. The fraction of sp³-hybridized carbons (Fsp3) is 0.381. The minimum atomic E-state index is -0.474. The van der Waals surface area contributed by atoms with Crippen LogP contribution >= 0.6 is 0 Å². The van der Waals surface area contributed by atoms with E-state index in [4.69, 9.17) is 0 Å². The summed E-state index contributed by atoms with van der Waals surface area (Å²) in [5.41, 5.74) is 1.11. The van der Waals surface area contributed by atoms with E-state index < -0.39 is 5.56 Å². The Morgan fingerprint density at radius 2 is 1.90 bits per heavy atom. The molecule has 3 aromatic rings. The van der Waals surface area contributed by atoms with E-state index in [0.29, 0.717) is 43.0 Å². The van der Waals surface area contributed by atoms with Gasteiger partial charge in [0.1, 0.15) is 0 Å². The Bertz CT molecular complexity index is 1220. The van der Waals surface area contributed by atoms with Crippen LogP contribution < -0.4 is 16.0 Å². The summed E-state index contributed by atoms with van der Waals surface area (Å²) in [6.07, 6.45) is 6.84. The number of anilines is 1. The molecule has 1 saturated heterocycles. The molecule has 9 heteroatoms. The number of carbonyl (C=O) groups excluding carboxylic acids is 1. The van der Waals surface area contributed by atoms with Crippen molar-refractivity contribution in [2.24, 2.45) is 5.92 Å². The van der Waals surface area contributed by atoms with Gasteiger partial charge in [-0.15, -0.1) is 0 Å². The van der Waals surface area contributed by atoms with Gasteiger partial charge in [0, 0.05) is 50.8 Å². The van der Waals surface area contributed by atoms with Crippen LogP contribution in [0.3, 0.4) is 0 Å². The smallest absolute Gasteiger partial charge is 0.279 e. The summed E-state index contributed by atoms with van der Waals surface area (Å²) in [6, 6.07) is 5.71. The molecule has 1 amide bonds. The van der Waals surface area contributed by atoms with Gasteiger partial charge in [0.25, 0.3) is 17.0 Å². The van der Waals surface area contributed by atoms with Crippen LogP contribution in [0, 0.1) is 5.92 Å². The lowest BCUT2D eigenvalue weighted by Gasteiger charge is -2.35. The third-order valence-corrected chi connectivity index (χ3v) is 5.80. The van der Waals surface area contributed by atoms with Crippen LogP contribution in [-0.2, 0) is 6.54 Å². The Morgan fingerprint density at radius 1 is 1.10 bits per heavy atom. The summed E-state index contributed by atoms with van der Waals surface area (Å²) in [4.78, 5) is 51.8. The first-order valence-corrected chi connectivity index (χ1v) is 10.2. The molecule has 1 aliphatic carbocycles. The van der Waals surface area contributed by atoms with Crippen LogP contribution in [0.5, 0.6) is 0 Å². The number of fused-ring (bicyclic) bond motifs is 1. The highest BCUT2D eigenvalue weighted by Gasteiger charge is 2.25. The summed E-state index contributed by atoms with van der Waals surface area (Å²) in [5, 5.41) is 0.630. The molecule has 0 radical (unpaired) electrons. The second-order valence-electron chi connectivity index (χ2n) is 7.89. The largest absolute Gasteiger partial charge is 0.368 e. The molecule has 2 fully saturated rings. The van der Waals surface area contributed by atoms with Crippen molar-refractivity contribution in [1.82, 2.24) is 24.4 Å². The summed E-state index contributed by atoms with van der Waals surface area (Å²) in [7, 11) is 0. The van der Waals surface area contributed by atoms with Crippen molar-refractivity contribution >= 4 is 22.5 Å². The molecule has 1 N–H and O–H groups in total. The van der Waals surface area contributed by atoms with Crippen LogP contribution in [0.15, 0.2) is 46.5 Å². The molecule has 2 aliphatic rings. The molecule has 9 nitrogen and oxygen atoms in total. The monoisotopic (exact) mass is 406 g/mol. The Kier molecular flexibility index (Phi) is 4.57. The summed E-state index contributed by atoms with van der Waals surface area (Å²) >= 11 is 0. The van der Waals surface area contributed by atoms with E-state index in [1.54, 1.807) is 15.8 Å². The summed E-state index contributed by atoms with van der Waals surface area (Å²) < 4.78 is 1.71. The second-order valence-corrected chi connectivity index (χ2v) is 7.89. The first-order valence-electron chi connectivity index (χ1n) is 10.2. The summed E-state index contributed by atoms with van der Waals surface area (Å²) in [6.45, 7) is 2.98. The zero-order valence-electron chi connectivity index (χ0n) is 16.5. The van der Waals surface area contributed by atoms with Gasteiger partial charge < -0.3 is 14.8 Å². The molecular formula is C21H22N6O3. The molecule has 30 heavy (non-hydrogen) atoms. The molecular weight excluding hydrogens is 384 g/mol. The van der Waals surface area contributed by atoms with Gasteiger partial charge in [0.05, 0.1) is 17.2 Å². The van der Waals surface area contributed by atoms with E-state index in [2.05, 4.69) is 19.9 Å². The zero-order chi connectivity index (χ0) is 20.7. The Labute approximate surface area is 172 Å². The maximum Gasteiger partial charge on any atom is 0.279 e. The number of hydrogen-bond acceptors (Lipinski definition) is 6. The van der Waals surface area contributed by atoms with Crippen molar-refractivity contribution in [2.45, 2.75) is 19.4 Å². The lowest BCUT2D eigenvalue weighted by Crippen LogP contribution is -2.49. The molecule has 1 saturated carbocycles. The molecule has 1 aliphatic heterocycles. The number of carbonyl (C=O) groups is 1. The Morgan fingerprint density at radius 3 is 2.63 bits per heavy atom. The highest BCUT2D eigenvalue weighted by atomic mass is 16.2. The van der Waals surface area contributed by atoms with Crippen molar-refractivity contribution in [3.05, 3.63) is 63.3 Å². The molecule has 0 unspecified atom stereocenters.